The Morgan fingerprint density at radius 3 is 2.29 bits per heavy atom. The second-order valence-corrected chi connectivity index (χ2v) is 5.50. The van der Waals surface area contributed by atoms with Gasteiger partial charge in [0.15, 0.2) is 5.11 Å². The van der Waals surface area contributed by atoms with Crippen LogP contribution in [0.3, 0.4) is 0 Å². The average Bonchev–Trinajstić information content (AvgIpc) is 2.46. The fraction of sp³-hybridized carbons (Fsp3) is 0.562. The van der Waals surface area contributed by atoms with Crippen molar-refractivity contribution >= 4 is 23.0 Å². The third kappa shape index (κ3) is 6.67. The van der Waals surface area contributed by atoms with E-state index in [2.05, 4.69) is 24.5 Å². The minimum absolute atomic E-state index is 0.365. The first-order valence-corrected chi connectivity index (χ1v) is 7.80. The smallest absolute Gasteiger partial charge is 0.170 e. The van der Waals surface area contributed by atoms with Crippen LogP contribution in [0.5, 0.6) is 11.5 Å². The lowest BCUT2D eigenvalue weighted by atomic mass is 10.1. The molecule has 0 saturated heterocycles. The first kappa shape index (κ1) is 17.6. The van der Waals surface area contributed by atoms with Crippen molar-refractivity contribution in [3.8, 4) is 11.5 Å². The van der Waals surface area contributed by atoms with Gasteiger partial charge in [-0.1, -0.05) is 26.2 Å². The Bertz CT molecular complexity index is 430. The summed E-state index contributed by atoms with van der Waals surface area (Å²) in [4.78, 5) is 0. The topological polar surface area (TPSA) is 42.5 Å². The number of methoxy groups -OCH3 is 2. The maximum Gasteiger partial charge on any atom is 0.170 e. The van der Waals surface area contributed by atoms with Gasteiger partial charge in [-0.05, 0) is 25.6 Å². The molecular weight excluding hydrogens is 284 g/mol. The largest absolute Gasteiger partial charge is 0.497 e. The summed E-state index contributed by atoms with van der Waals surface area (Å²) in [5, 5.41) is 7.09. The first-order chi connectivity index (χ1) is 10.1. The van der Waals surface area contributed by atoms with Gasteiger partial charge in [0, 0.05) is 29.9 Å². The fourth-order valence-electron chi connectivity index (χ4n) is 2.04. The number of anilines is 1. The normalized spacial score (nSPS) is 11.6. The zero-order valence-electron chi connectivity index (χ0n) is 13.4. The lowest BCUT2D eigenvalue weighted by molar-refractivity contribution is 0.395. The lowest BCUT2D eigenvalue weighted by Gasteiger charge is -2.17. The van der Waals surface area contributed by atoms with E-state index < -0.39 is 0 Å². The van der Waals surface area contributed by atoms with Crippen molar-refractivity contribution in [2.24, 2.45) is 0 Å². The van der Waals surface area contributed by atoms with Gasteiger partial charge in [-0.3, -0.25) is 0 Å². The van der Waals surface area contributed by atoms with Crippen molar-refractivity contribution in [2.75, 3.05) is 19.5 Å². The molecule has 0 amide bonds. The Kier molecular flexibility index (Phi) is 7.90. The summed E-state index contributed by atoms with van der Waals surface area (Å²) in [7, 11) is 3.26. The summed E-state index contributed by atoms with van der Waals surface area (Å²) >= 11 is 5.35. The standard InChI is InChI=1S/C16H26N2O2S/c1-5-6-7-8-12(2)17-16(21)18-13-9-14(19-3)11-15(10-13)20-4/h9-12H,5-8H2,1-4H3,(H2,17,18,21). The molecule has 0 aliphatic heterocycles. The number of hydrogen-bond donors (Lipinski definition) is 2. The van der Waals surface area contributed by atoms with E-state index in [1.807, 2.05) is 18.2 Å². The van der Waals surface area contributed by atoms with Crippen LogP contribution in [0.2, 0.25) is 0 Å². The van der Waals surface area contributed by atoms with Gasteiger partial charge in [-0.15, -0.1) is 0 Å². The lowest BCUT2D eigenvalue weighted by Crippen LogP contribution is -2.35. The minimum atomic E-state index is 0.365. The Balaban J connectivity index is 2.54. The molecule has 1 unspecified atom stereocenters. The monoisotopic (exact) mass is 310 g/mol. The quantitative estimate of drug-likeness (QED) is 0.562. The van der Waals surface area contributed by atoms with Crippen LogP contribution in [0.1, 0.15) is 39.5 Å². The van der Waals surface area contributed by atoms with Crippen LogP contribution in [0.4, 0.5) is 5.69 Å². The van der Waals surface area contributed by atoms with Crippen molar-refractivity contribution in [1.29, 1.82) is 0 Å². The highest BCUT2D eigenvalue weighted by Crippen LogP contribution is 2.25. The fourth-order valence-corrected chi connectivity index (χ4v) is 2.36. The molecule has 0 aliphatic rings. The van der Waals surface area contributed by atoms with Gasteiger partial charge in [0.25, 0.3) is 0 Å². The highest BCUT2D eigenvalue weighted by Gasteiger charge is 2.06. The molecule has 118 valence electrons. The van der Waals surface area contributed by atoms with Crippen molar-refractivity contribution in [2.45, 2.75) is 45.6 Å². The zero-order chi connectivity index (χ0) is 15.7. The van der Waals surface area contributed by atoms with Crippen molar-refractivity contribution in [1.82, 2.24) is 5.32 Å². The molecule has 0 fully saturated rings. The zero-order valence-corrected chi connectivity index (χ0v) is 14.2. The number of benzene rings is 1. The molecule has 0 heterocycles. The summed E-state index contributed by atoms with van der Waals surface area (Å²) in [6.07, 6.45) is 4.84. The average molecular weight is 310 g/mol. The summed E-state index contributed by atoms with van der Waals surface area (Å²) in [5.74, 6) is 1.46. The van der Waals surface area contributed by atoms with E-state index in [1.165, 1.54) is 19.3 Å². The number of thiocarbonyl (C=S) groups is 1. The SMILES string of the molecule is CCCCCC(C)NC(=S)Nc1cc(OC)cc(OC)c1. The van der Waals surface area contributed by atoms with Crippen LogP contribution in [0, 0.1) is 0 Å². The number of nitrogens with one attached hydrogen (secondary N) is 2. The highest BCUT2D eigenvalue weighted by molar-refractivity contribution is 7.80. The second-order valence-electron chi connectivity index (χ2n) is 5.10. The van der Waals surface area contributed by atoms with Crippen LogP contribution >= 0.6 is 12.2 Å². The number of unbranched alkanes of at least 4 members (excludes halogenated alkanes) is 2. The van der Waals surface area contributed by atoms with E-state index in [1.54, 1.807) is 14.2 Å². The molecule has 4 nitrogen and oxygen atoms in total. The molecule has 1 atom stereocenters. The van der Waals surface area contributed by atoms with E-state index in [4.69, 9.17) is 21.7 Å². The molecule has 0 spiro atoms. The van der Waals surface area contributed by atoms with Crippen molar-refractivity contribution in [3.05, 3.63) is 18.2 Å². The third-order valence-electron chi connectivity index (χ3n) is 3.23. The van der Waals surface area contributed by atoms with Gasteiger partial charge in [-0.25, -0.2) is 0 Å². The predicted octanol–water partition coefficient (Wildman–Crippen LogP) is 3.96. The van der Waals surface area contributed by atoms with Gasteiger partial charge in [0.05, 0.1) is 14.2 Å². The highest BCUT2D eigenvalue weighted by atomic mass is 32.1. The van der Waals surface area contributed by atoms with Crippen molar-refractivity contribution < 1.29 is 9.47 Å². The van der Waals surface area contributed by atoms with Gasteiger partial charge >= 0.3 is 0 Å². The van der Waals surface area contributed by atoms with E-state index in [9.17, 15) is 0 Å². The van der Waals surface area contributed by atoms with Crippen LogP contribution < -0.4 is 20.1 Å². The maximum atomic E-state index is 5.35. The molecule has 21 heavy (non-hydrogen) atoms. The molecule has 0 aliphatic carbocycles. The third-order valence-corrected chi connectivity index (χ3v) is 3.45. The Labute approximate surface area is 133 Å². The maximum absolute atomic E-state index is 5.35. The first-order valence-electron chi connectivity index (χ1n) is 7.39. The summed E-state index contributed by atoms with van der Waals surface area (Å²) in [6, 6.07) is 5.97. The summed E-state index contributed by atoms with van der Waals surface area (Å²) in [6.45, 7) is 4.36. The van der Waals surface area contributed by atoms with Gasteiger partial charge in [-0.2, -0.15) is 0 Å². The number of hydrogen-bond acceptors (Lipinski definition) is 3. The van der Waals surface area contributed by atoms with E-state index in [0.29, 0.717) is 11.2 Å². The summed E-state index contributed by atoms with van der Waals surface area (Å²) < 4.78 is 10.5. The van der Waals surface area contributed by atoms with Crippen LogP contribution in [-0.4, -0.2) is 25.4 Å². The molecule has 0 aromatic heterocycles. The molecular formula is C16H26N2O2S. The minimum Gasteiger partial charge on any atom is -0.497 e. The Morgan fingerprint density at radius 2 is 1.76 bits per heavy atom. The van der Waals surface area contributed by atoms with E-state index in [0.717, 1.165) is 23.6 Å². The van der Waals surface area contributed by atoms with Gasteiger partial charge < -0.3 is 20.1 Å². The summed E-state index contributed by atoms with van der Waals surface area (Å²) in [5.41, 5.74) is 0.851. The molecule has 0 saturated carbocycles. The predicted molar refractivity (Wildman–Crippen MR) is 92.5 cm³/mol. The molecule has 2 N–H and O–H groups in total. The van der Waals surface area contributed by atoms with E-state index in [-0.39, 0.29) is 0 Å². The number of rotatable bonds is 8. The Hall–Kier alpha value is -1.49. The van der Waals surface area contributed by atoms with Gasteiger partial charge in [0.2, 0.25) is 0 Å². The van der Waals surface area contributed by atoms with Crippen molar-refractivity contribution in [3.63, 3.8) is 0 Å². The van der Waals surface area contributed by atoms with Crippen LogP contribution in [0.15, 0.2) is 18.2 Å². The Morgan fingerprint density at radius 1 is 1.14 bits per heavy atom. The number of ether oxygens (including phenoxy) is 2. The van der Waals surface area contributed by atoms with Crippen LogP contribution in [-0.2, 0) is 0 Å². The second kappa shape index (κ2) is 9.45. The van der Waals surface area contributed by atoms with Gasteiger partial charge in [0.1, 0.15) is 11.5 Å². The molecule has 1 aromatic carbocycles. The van der Waals surface area contributed by atoms with E-state index >= 15 is 0 Å². The molecule has 1 aromatic rings. The van der Waals surface area contributed by atoms with Crippen LogP contribution in [0.25, 0.3) is 0 Å². The molecule has 1 rings (SSSR count). The molecule has 0 bridgehead atoms. The molecule has 0 radical (unpaired) electrons. The molecule has 5 heteroatoms.